The van der Waals surface area contributed by atoms with E-state index in [4.69, 9.17) is 9.47 Å². The highest BCUT2D eigenvalue weighted by Crippen LogP contribution is 2.25. The van der Waals surface area contributed by atoms with Crippen LogP contribution in [0.3, 0.4) is 0 Å². The number of methoxy groups -OCH3 is 1. The van der Waals surface area contributed by atoms with E-state index in [0.29, 0.717) is 12.5 Å². The zero-order valence-corrected chi connectivity index (χ0v) is 16.8. The van der Waals surface area contributed by atoms with Crippen molar-refractivity contribution in [3.05, 3.63) is 29.3 Å². The standard InChI is InChI=1S/C17H25N3O3.HI/c1-12(16(21)22-3)11-20-17(18-2)19-8-6-13-4-5-15-14(10-13)7-9-23-15;/h4-5,10,12H,6-9,11H2,1-3H3,(H2,18,19,20);1H. The van der Waals surface area contributed by atoms with Gasteiger partial charge in [-0.3, -0.25) is 9.79 Å². The van der Waals surface area contributed by atoms with Gasteiger partial charge >= 0.3 is 5.97 Å². The lowest BCUT2D eigenvalue weighted by Gasteiger charge is -2.14. The summed E-state index contributed by atoms with van der Waals surface area (Å²) in [5.41, 5.74) is 2.57. The second-order valence-electron chi connectivity index (χ2n) is 5.59. The summed E-state index contributed by atoms with van der Waals surface area (Å²) < 4.78 is 10.2. The Morgan fingerprint density at radius 2 is 2.21 bits per heavy atom. The topological polar surface area (TPSA) is 72.0 Å². The van der Waals surface area contributed by atoms with Crippen LogP contribution in [-0.4, -0.2) is 45.8 Å². The molecular formula is C17H26IN3O3. The van der Waals surface area contributed by atoms with Crippen LogP contribution >= 0.6 is 24.0 Å². The fourth-order valence-corrected chi connectivity index (χ4v) is 2.48. The van der Waals surface area contributed by atoms with Gasteiger partial charge in [0.05, 0.1) is 19.6 Å². The largest absolute Gasteiger partial charge is 0.493 e. The van der Waals surface area contributed by atoms with Crippen LogP contribution in [0.5, 0.6) is 5.75 Å². The number of ether oxygens (including phenoxy) is 2. The highest BCUT2D eigenvalue weighted by atomic mass is 127. The van der Waals surface area contributed by atoms with Crippen LogP contribution in [0.15, 0.2) is 23.2 Å². The lowest BCUT2D eigenvalue weighted by Crippen LogP contribution is -2.41. The lowest BCUT2D eigenvalue weighted by atomic mass is 10.1. The Morgan fingerprint density at radius 3 is 2.92 bits per heavy atom. The van der Waals surface area contributed by atoms with Gasteiger partial charge in [-0.2, -0.15) is 0 Å². The molecule has 24 heavy (non-hydrogen) atoms. The summed E-state index contributed by atoms with van der Waals surface area (Å²) in [4.78, 5) is 15.5. The van der Waals surface area contributed by atoms with Crippen molar-refractivity contribution >= 4 is 35.9 Å². The molecular weight excluding hydrogens is 421 g/mol. The van der Waals surface area contributed by atoms with Crippen molar-refractivity contribution < 1.29 is 14.3 Å². The Hall–Kier alpha value is -1.51. The van der Waals surface area contributed by atoms with E-state index >= 15 is 0 Å². The second kappa shape index (κ2) is 10.4. The smallest absolute Gasteiger partial charge is 0.310 e. The van der Waals surface area contributed by atoms with Gasteiger partial charge in [-0.25, -0.2) is 0 Å². The number of esters is 1. The van der Waals surface area contributed by atoms with Gasteiger partial charge in [-0.15, -0.1) is 24.0 Å². The minimum atomic E-state index is -0.228. The number of nitrogens with zero attached hydrogens (tertiary/aromatic N) is 1. The number of carbonyl (C=O) groups is 1. The molecule has 0 radical (unpaired) electrons. The third-order valence-corrected chi connectivity index (χ3v) is 3.86. The molecule has 1 atom stereocenters. The summed E-state index contributed by atoms with van der Waals surface area (Å²) >= 11 is 0. The quantitative estimate of drug-likeness (QED) is 0.301. The molecule has 1 aromatic rings. The summed E-state index contributed by atoms with van der Waals surface area (Å²) in [5.74, 6) is 1.25. The van der Waals surface area contributed by atoms with Crippen LogP contribution in [0.2, 0.25) is 0 Å². The number of benzene rings is 1. The molecule has 0 saturated heterocycles. The van der Waals surface area contributed by atoms with Gasteiger partial charge in [-0.1, -0.05) is 19.1 Å². The fourth-order valence-electron chi connectivity index (χ4n) is 2.48. The van der Waals surface area contributed by atoms with E-state index in [1.165, 1.54) is 18.2 Å². The number of nitrogens with one attached hydrogen (secondary N) is 2. The van der Waals surface area contributed by atoms with Gasteiger partial charge in [-0.05, 0) is 23.6 Å². The third-order valence-electron chi connectivity index (χ3n) is 3.86. The number of guanidine groups is 1. The van der Waals surface area contributed by atoms with Gasteiger partial charge < -0.3 is 20.1 Å². The molecule has 1 aromatic carbocycles. The first-order chi connectivity index (χ1) is 11.1. The number of rotatable bonds is 6. The minimum Gasteiger partial charge on any atom is -0.493 e. The average molecular weight is 447 g/mol. The zero-order valence-electron chi connectivity index (χ0n) is 14.4. The first kappa shape index (κ1) is 20.5. The molecule has 0 saturated carbocycles. The summed E-state index contributed by atoms with van der Waals surface area (Å²) in [5, 5.41) is 6.38. The molecule has 134 valence electrons. The molecule has 0 bridgehead atoms. The van der Waals surface area contributed by atoms with Crippen molar-refractivity contribution in [2.24, 2.45) is 10.9 Å². The van der Waals surface area contributed by atoms with E-state index in [-0.39, 0.29) is 35.9 Å². The van der Waals surface area contributed by atoms with E-state index in [9.17, 15) is 4.79 Å². The Morgan fingerprint density at radius 1 is 1.42 bits per heavy atom. The van der Waals surface area contributed by atoms with E-state index in [2.05, 4.69) is 27.8 Å². The van der Waals surface area contributed by atoms with Gasteiger partial charge in [0.15, 0.2) is 5.96 Å². The maximum atomic E-state index is 11.4. The van der Waals surface area contributed by atoms with Gasteiger partial charge in [0.1, 0.15) is 5.75 Å². The number of fused-ring (bicyclic) bond motifs is 1. The molecule has 2 N–H and O–H groups in total. The molecule has 0 fully saturated rings. The summed E-state index contributed by atoms with van der Waals surface area (Å²) in [7, 11) is 3.11. The molecule has 0 amide bonds. The lowest BCUT2D eigenvalue weighted by molar-refractivity contribution is -0.144. The van der Waals surface area contributed by atoms with Gasteiger partial charge in [0.2, 0.25) is 0 Å². The average Bonchev–Trinajstić information content (AvgIpc) is 3.04. The van der Waals surface area contributed by atoms with Gasteiger partial charge in [0.25, 0.3) is 0 Å². The van der Waals surface area contributed by atoms with Gasteiger partial charge in [0, 0.05) is 26.6 Å². The van der Waals surface area contributed by atoms with E-state index < -0.39 is 0 Å². The second-order valence-corrected chi connectivity index (χ2v) is 5.59. The van der Waals surface area contributed by atoms with Crippen LogP contribution in [0.25, 0.3) is 0 Å². The van der Waals surface area contributed by atoms with E-state index in [0.717, 1.165) is 31.7 Å². The molecule has 1 unspecified atom stereocenters. The SMILES string of the molecule is CN=C(NCCc1ccc2c(c1)CCO2)NCC(C)C(=O)OC.I. The Balaban J connectivity index is 0.00000288. The maximum Gasteiger partial charge on any atom is 0.310 e. The maximum absolute atomic E-state index is 11.4. The summed E-state index contributed by atoms with van der Waals surface area (Å²) in [6, 6.07) is 6.35. The van der Waals surface area contributed by atoms with Crippen molar-refractivity contribution in [1.29, 1.82) is 0 Å². The molecule has 1 aliphatic rings. The van der Waals surface area contributed by atoms with Crippen LogP contribution in [0.4, 0.5) is 0 Å². The molecule has 1 aliphatic heterocycles. The van der Waals surface area contributed by atoms with Crippen LogP contribution in [0.1, 0.15) is 18.1 Å². The molecule has 2 rings (SSSR count). The predicted molar refractivity (Wildman–Crippen MR) is 105 cm³/mol. The summed E-state index contributed by atoms with van der Waals surface area (Å²) in [6.07, 6.45) is 1.89. The fraction of sp³-hybridized carbons (Fsp3) is 0.529. The predicted octanol–water partition coefficient (Wildman–Crippen LogP) is 1.76. The molecule has 0 aliphatic carbocycles. The number of aliphatic imine (C=N–C) groups is 1. The molecule has 6 nitrogen and oxygen atoms in total. The monoisotopic (exact) mass is 447 g/mol. The minimum absolute atomic E-state index is 0. The van der Waals surface area contributed by atoms with Crippen molar-refractivity contribution in [1.82, 2.24) is 10.6 Å². The third kappa shape index (κ3) is 5.85. The Bertz CT molecular complexity index is 578. The van der Waals surface area contributed by atoms with Crippen molar-refractivity contribution in [3.63, 3.8) is 0 Å². The molecule has 0 aromatic heterocycles. The van der Waals surface area contributed by atoms with Crippen molar-refractivity contribution in [2.75, 3.05) is 33.9 Å². The summed E-state index contributed by atoms with van der Waals surface area (Å²) in [6.45, 7) is 3.86. The highest BCUT2D eigenvalue weighted by Gasteiger charge is 2.14. The number of carbonyl (C=O) groups excluding carboxylic acids is 1. The highest BCUT2D eigenvalue weighted by molar-refractivity contribution is 14.0. The van der Waals surface area contributed by atoms with Crippen molar-refractivity contribution in [2.45, 2.75) is 19.8 Å². The Kier molecular flexibility index (Phi) is 8.88. The first-order valence-corrected chi connectivity index (χ1v) is 7.91. The number of hydrogen-bond donors (Lipinski definition) is 2. The van der Waals surface area contributed by atoms with Crippen LogP contribution < -0.4 is 15.4 Å². The molecule has 7 heteroatoms. The first-order valence-electron chi connectivity index (χ1n) is 7.91. The normalized spacial score (nSPS) is 14.0. The molecule has 1 heterocycles. The zero-order chi connectivity index (χ0) is 16.7. The van der Waals surface area contributed by atoms with Crippen molar-refractivity contribution in [3.8, 4) is 5.75 Å². The van der Waals surface area contributed by atoms with E-state index in [1.807, 2.05) is 13.0 Å². The van der Waals surface area contributed by atoms with Crippen LogP contribution in [0, 0.1) is 5.92 Å². The molecule has 0 spiro atoms. The number of halogens is 1. The van der Waals surface area contributed by atoms with Crippen LogP contribution in [-0.2, 0) is 22.4 Å². The number of hydrogen-bond acceptors (Lipinski definition) is 4. The van der Waals surface area contributed by atoms with E-state index in [1.54, 1.807) is 7.05 Å². The Labute approximate surface area is 160 Å².